The summed E-state index contributed by atoms with van der Waals surface area (Å²) in [5, 5.41) is 20.4. The van der Waals surface area contributed by atoms with Gasteiger partial charge in [-0.15, -0.1) is 0 Å². The fourth-order valence-corrected chi connectivity index (χ4v) is 4.57. The molecule has 2 aliphatic rings. The van der Waals surface area contributed by atoms with E-state index in [1.165, 1.54) is 5.56 Å². The van der Waals surface area contributed by atoms with Crippen LogP contribution in [0.4, 0.5) is 0 Å². The lowest BCUT2D eigenvalue weighted by Gasteiger charge is -2.26. The smallest absolute Gasteiger partial charge is 0.115 e. The molecule has 0 amide bonds. The molecule has 4 rings (SSSR count). The molecule has 2 fully saturated rings. The minimum Gasteiger partial charge on any atom is -0.508 e. The van der Waals surface area contributed by atoms with Crippen LogP contribution in [0.25, 0.3) is 0 Å². The Hall–Kier alpha value is -1.84. The second-order valence-corrected chi connectivity index (χ2v) is 7.50. The van der Waals surface area contributed by atoms with Crippen LogP contribution in [-0.4, -0.2) is 34.7 Å². The van der Waals surface area contributed by atoms with Crippen molar-refractivity contribution in [1.29, 1.82) is 0 Å². The molecule has 2 aromatic rings. The molecule has 1 aliphatic heterocycles. The van der Waals surface area contributed by atoms with Crippen molar-refractivity contribution in [3.05, 3.63) is 65.7 Å². The van der Waals surface area contributed by atoms with E-state index in [4.69, 9.17) is 0 Å². The van der Waals surface area contributed by atoms with Crippen LogP contribution in [-0.2, 0) is 12.0 Å². The first-order chi connectivity index (χ1) is 11.6. The van der Waals surface area contributed by atoms with Gasteiger partial charge in [0.05, 0.1) is 5.60 Å². The van der Waals surface area contributed by atoms with Crippen molar-refractivity contribution >= 4 is 0 Å². The lowest BCUT2D eigenvalue weighted by molar-refractivity contribution is 0.0314. The molecule has 2 N–H and O–H groups in total. The number of fused-ring (bicyclic) bond motifs is 1. The molecule has 24 heavy (non-hydrogen) atoms. The monoisotopic (exact) mass is 323 g/mol. The van der Waals surface area contributed by atoms with Gasteiger partial charge in [-0.2, -0.15) is 0 Å². The molecule has 3 heteroatoms. The summed E-state index contributed by atoms with van der Waals surface area (Å²) in [5.41, 5.74) is 1.72. The zero-order valence-electron chi connectivity index (χ0n) is 13.9. The first-order valence-corrected chi connectivity index (χ1v) is 8.90. The number of aliphatic hydroxyl groups is 1. The lowest BCUT2D eigenvalue weighted by Crippen LogP contribution is -2.29. The molecule has 0 radical (unpaired) electrons. The van der Waals surface area contributed by atoms with Gasteiger partial charge in [-0.25, -0.2) is 0 Å². The van der Waals surface area contributed by atoms with Gasteiger partial charge in [-0.3, -0.25) is 0 Å². The van der Waals surface area contributed by atoms with Crippen molar-refractivity contribution in [3.8, 4) is 5.75 Å². The maximum Gasteiger partial charge on any atom is 0.115 e. The Bertz CT molecular complexity index is 669. The molecule has 126 valence electrons. The van der Waals surface area contributed by atoms with E-state index in [0.29, 0.717) is 17.6 Å². The molecular weight excluding hydrogens is 298 g/mol. The minimum absolute atomic E-state index is 0.328. The Kier molecular flexibility index (Phi) is 4.07. The molecule has 0 aromatic heterocycles. The predicted molar refractivity (Wildman–Crippen MR) is 94.8 cm³/mol. The van der Waals surface area contributed by atoms with E-state index in [1.54, 1.807) is 12.1 Å². The zero-order chi connectivity index (χ0) is 16.6. The van der Waals surface area contributed by atoms with Gasteiger partial charge in [-0.05, 0) is 54.4 Å². The van der Waals surface area contributed by atoms with Crippen LogP contribution < -0.4 is 0 Å². The lowest BCUT2D eigenvalue weighted by atomic mass is 9.90. The first-order valence-electron chi connectivity index (χ1n) is 8.90. The molecule has 1 unspecified atom stereocenters. The summed E-state index contributed by atoms with van der Waals surface area (Å²) in [6.45, 7) is 3.25. The fourth-order valence-electron chi connectivity index (χ4n) is 4.57. The second kappa shape index (κ2) is 6.23. The number of phenolic OH excluding ortho intramolecular Hbond substituents is 1. The Labute approximate surface area is 143 Å². The highest BCUT2D eigenvalue weighted by Crippen LogP contribution is 2.48. The summed E-state index contributed by atoms with van der Waals surface area (Å²) in [6, 6.07) is 17.7. The summed E-state index contributed by atoms with van der Waals surface area (Å²) in [6.07, 6.45) is 2.79. The van der Waals surface area contributed by atoms with E-state index in [0.717, 1.165) is 44.5 Å². The van der Waals surface area contributed by atoms with Gasteiger partial charge in [0.2, 0.25) is 0 Å². The van der Waals surface area contributed by atoms with Crippen molar-refractivity contribution in [2.45, 2.75) is 24.9 Å². The standard InChI is InChI=1S/C21H25NO2/c23-20-8-6-16(7-9-20)10-11-22-14-17-12-21(24,13-18(17)15-22)19-4-2-1-3-5-19/h1-9,17-18,23-24H,10-15H2/t17-,18+,21?. The van der Waals surface area contributed by atoms with E-state index >= 15 is 0 Å². The van der Waals surface area contributed by atoms with Crippen LogP contribution in [0.15, 0.2) is 54.6 Å². The highest BCUT2D eigenvalue weighted by molar-refractivity contribution is 5.26. The molecule has 1 saturated carbocycles. The maximum absolute atomic E-state index is 11.0. The number of aromatic hydroxyl groups is 1. The predicted octanol–water partition coefficient (Wildman–Crippen LogP) is 3.16. The molecule has 1 saturated heterocycles. The van der Waals surface area contributed by atoms with Crippen molar-refractivity contribution < 1.29 is 10.2 Å². The van der Waals surface area contributed by atoms with Crippen molar-refractivity contribution in [2.75, 3.05) is 19.6 Å². The fraction of sp³-hybridized carbons (Fsp3) is 0.429. The van der Waals surface area contributed by atoms with Crippen LogP contribution in [0.5, 0.6) is 5.75 Å². The second-order valence-electron chi connectivity index (χ2n) is 7.50. The van der Waals surface area contributed by atoms with Gasteiger partial charge in [-0.1, -0.05) is 42.5 Å². The quantitative estimate of drug-likeness (QED) is 0.908. The van der Waals surface area contributed by atoms with Gasteiger partial charge in [0, 0.05) is 19.6 Å². The van der Waals surface area contributed by atoms with Crippen molar-refractivity contribution in [3.63, 3.8) is 0 Å². The molecular formula is C21H25NO2. The summed E-state index contributed by atoms with van der Waals surface area (Å²) < 4.78 is 0. The largest absolute Gasteiger partial charge is 0.508 e. The summed E-state index contributed by atoms with van der Waals surface area (Å²) in [7, 11) is 0. The molecule has 3 atom stereocenters. The number of likely N-dealkylation sites (tertiary alicyclic amines) is 1. The van der Waals surface area contributed by atoms with Gasteiger partial charge in [0.1, 0.15) is 5.75 Å². The summed E-state index contributed by atoms with van der Waals surface area (Å²) in [5.74, 6) is 1.54. The van der Waals surface area contributed by atoms with E-state index < -0.39 is 5.60 Å². The molecule has 1 heterocycles. The Balaban J connectivity index is 1.34. The Morgan fingerprint density at radius 1 is 0.917 bits per heavy atom. The SMILES string of the molecule is Oc1ccc(CCN2C[C@@H]3CC(O)(c4ccccc4)C[C@@H]3C2)cc1. The first kappa shape index (κ1) is 15.7. The maximum atomic E-state index is 11.0. The number of nitrogens with zero attached hydrogens (tertiary/aromatic N) is 1. The summed E-state index contributed by atoms with van der Waals surface area (Å²) in [4.78, 5) is 2.53. The van der Waals surface area contributed by atoms with Crippen LogP contribution >= 0.6 is 0 Å². The number of hydrogen-bond acceptors (Lipinski definition) is 3. The van der Waals surface area contributed by atoms with Crippen LogP contribution in [0.1, 0.15) is 24.0 Å². The van der Waals surface area contributed by atoms with E-state index in [2.05, 4.69) is 17.0 Å². The molecule has 3 nitrogen and oxygen atoms in total. The van der Waals surface area contributed by atoms with Gasteiger partial charge < -0.3 is 15.1 Å². The molecule has 0 spiro atoms. The zero-order valence-corrected chi connectivity index (χ0v) is 13.9. The highest BCUT2D eigenvalue weighted by Gasteiger charge is 2.48. The van der Waals surface area contributed by atoms with Crippen molar-refractivity contribution in [1.82, 2.24) is 4.90 Å². The number of rotatable bonds is 4. The van der Waals surface area contributed by atoms with Crippen molar-refractivity contribution in [2.24, 2.45) is 11.8 Å². The number of benzene rings is 2. The molecule has 0 bridgehead atoms. The molecule has 1 aliphatic carbocycles. The third-order valence-corrected chi connectivity index (χ3v) is 5.82. The van der Waals surface area contributed by atoms with Crippen LogP contribution in [0.2, 0.25) is 0 Å². The van der Waals surface area contributed by atoms with Crippen LogP contribution in [0, 0.1) is 11.8 Å². The average molecular weight is 323 g/mol. The Morgan fingerprint density at radius 2 is 1.54 bits per heavy atom. The van der Waals surface area contributed by atoms with Gasteiger partial charge in [0.15, 0.2) is 0 Å². The van der Waals surface area contributed by atoms with Crippen LogP contribution in [0.3, 0.4) is 0 Å². The van der Waals surface area contributed by atoms with E-state index in [-0.39, 0.29) is 0 Å². The normalized spacial score (nSPS) is 29.7. The molecule has 2 aromatic carbocycles. The summed E-state index contributed by atoms with van der Waals surface area (Å²) >= 11 is 0. The minimum atomic E-state index is -0.625. The van der Waals surface area contributed by atoms with E-state index in [9.17, 15) is 10.2 Å². The van der Waals surface area contributed by atoms with Gasteiger partial charge in [0.25, 0.3) is 0 Å². The average Bonchev–Trinajstić information content (AvgIpc) is 3.10. The topological polar surface area (TPSA) is 43.7 Å². The third-order valence-electron chi connectivity index (χ3n) is 5.82. The number of hydrogen-bond donors (Lipinski definition) is 2. The third kappa shape index (κ3) is 3.06. The Morgan fingerprint density at radius 3 is 2.17 bits per heavy atom. The number of phenols is 1. The van der Waals surface area contributed by atoms with E-state index in [1.807, 2.05) is 30.3 Å². The highest BCUT2D eigenvalue weighted by atomic mass is 16.3. The van der Waals surface area contributed by atoms with Gasteiger partial charge >= 0.3 is 0 Å².